The van der Waals surface area contributed by atoms with Crippen LogP contribution < -0.4 is 20.5 Å². The maximum atomic E-state index is 11.5. The van der Waals surface area contributed by atoms with Gasteiger partial charge in [-0.05, 0) is 41.7 Å². The largest absolute Gasteiger partial charge is 0.493 e. The van der Waals surface area contributed by atoms with Crippen molar-refractivity contribution < 1.29 is 14.3 Å². The number of methoxy groups -OCH3 is 1. The average molecular weight is 396 g/mol. The van der Waals surface area contributed by atoms with Gasteiger partial charge < -0.3 is 20.5 Å². The van der Waals surface area contributed by atoms with E-state index < -0.39 is 0 Å². The lowest BCUT2D eigenvalue weighted by Crippen LogP contribution is -2.49. The Kier molecular flexibility index (Phi) is 5.74. The maximum absolute atomic E-state index is 11.5. The van der Waals surface area contributed by atoms with Gasteiger partial charge in [-0.15, -0.1) is 0 Å². The van der Waals surface area contributed by atoms with Gasteiger partial charge in [0.25, 0.3) is 5.91 Å². The number of nitrogens with two attached hydrogens (primary N) is 1. The van der Waals surface area contributed by atoms with E-state index in [1.807, 2.05) is 12.1 Å². The predicted octanol–water partition coefficient (Wildman–Crippen LogP) is 2.23. The van der Waals surface area contributed by atoms with Gasteiger partial charge in [-0.2, -0.15) is 0 Å². The number of carbonyl (C=O) groups excluding carboxylic acids is 1. The van der Waals surface area contributed by atoms with E-state index in [9.17, 15) is 4.79 Å². The molecule has 3 atom stereocenters. The summed E-state index contributed by atoms with van der Waals surface area (Å²) in [7, 11) is 3.23. The Morgan fingerprint density at radius 3 is 2.76 bits per heavy atom. The SMILES string of the molecule is CNC(=O)COc1cc2c(cc1OC)[C@@H]1C[C@H](N)[C@@H](c3ccccc3)CN1CC2. The molecule has 4 rings (SSSR count). The quantitative estimate of drug-likeness (QED) is 0.812. The highest BCUT2D eigenvalue weighted by atomic mass is 16.5. The lowest BCUT2D eigenvalue weighted by Gasteiger charge is -2.46. The van der Waals surface area contributed by atoms with E-state index in [1.165, 1.54) is 16.7 Å². The molecule has 2 aliphatic heterocycles. The van der Waals surface area contributed by atoms with E-state index in [-0.39, 0.29) is 24.6 Å². The third-order valence-corrected chi connectivity index (χ3v) is 6.20. The zero-order valence-corrected chi connectivity index (χ0v) is 17.1. The second-order valence-electron chi connectivity index (χ2n) is 7.84. The molecule has 0 radical (unpaired) electrons. The van der Waals surface area contributed by atoms with Gasteiger partial charge in [0.05, 0.1) is 7.11 Å². The van der Waals surface area contributed by atoms with Crippen molar-refractivity contribution in [3.05, 3.63) is 59.2 Å². The Morgan fingerprint density at radius 1 is 1.24 bits per heavy atom. The first-order chi connectivity index (χ1) is 14.1. The number of benzene rings is 2. The van der Waals surface area contributed by atoms with Crippen LogP contribution in [0.3, 0.4) is 0 Å². The number of nitrogens with zero attached hydrogens (tertiary/aromatic N) is 1. The molecule has 6 nitrogen and oxygen atoms in total. The van der Waals surface area contributed by atoms with E-state index in [0.29, 0.717) is 17.4 Å². The first kappa shape index (κ1) is 19.7. The van der Waals surface area contributed by atoms with Crippen LogP contribution in [-0.2, 0) is 11.2 Å². The fourth-order valence-corrected chi connectivity index (χ4v) is 4.61. The maximum Gasteiger partial charge on any atom is 0.257 e. The molecule has 1 saturated heterocycles. The van der Waals surface area contributed by atoms with Gasteiger partial charge in [-0.1, -0.05) is 30.3 Å². The van der Waals surface area contributed by atoms with Crippen LogP contribution >= 0.6 is 0 Å². The monoisotopic (exact) mass is 395 g/mol. The van der Waals surface area contributed by atoms with Gasteiger partial charge in [-0.3, -0.25) is 9.69 Å². The summed E-state index contributed by atoms with van der Waals surface area (Å²) in [5.41, 5.74) is 10.5. The lowest BCUT2D eigenvalue weighted by molar-refractivity contribution is -0.122. The third kappa shape index (κ3) is 3.95. The van der Waals surface area contributed by atoms with Crippen LogP contribution in [-0.4, -0.2) is 50.7 Å². The van der Waals surface area contributed by atoms with Crippen LogP contribution in [0.25, 0.3) is 0 Å². The highest BCUT2D eigenvalue weighted by molar-refractivity contribution is 5.77. The molecule has 2 aromatic carbocycles. The van der Waals surface area contributed by atoms with Gasteiger partial charge in [0.1, 0.15) is 0 Å². The Bertz CT molecular complexity index is 871. The van der Waals surface area contributed by atoms with Crippen LogP contribution in [0.1, 0.15) is 35.1 Å². The summed E-state index contributed by atoms with van der Waals surface area (Å²) in [6.45, 7) is 1.94. The van der Waals surface area contributed by atoms with Crippen LogP contribution in [0.5, 0.6) is 11.5 Å². The summed E-state index contributed by atoms with van der Waals surface area (Å²) < 4.78 is 11.3. The molecule has 29 heavy (non-hydrogen) atoms. The standard InChI is InChI=1S/C23H29N3O3/c1-25-23(27)14-29-22-10-16-8-9-26-13-18(15-6-4-3-5-7-15)19(24)12-20(26)17(16)11-21(22)28-2/h3-7,10-11,18-20H,8-9,12-14,24H2,1-2H3,(H,25,27)/t18-,19+,20+/m1/s1. The van der Waals surface area contributed by atoms with Crippen LogP contribution in [0.4, 0.5) is 0 Å². The van der Waals surface area contributed by atoms with E-state index >= 15 is 0 Å². The van der Waals surface area contributed by atoms with Crippen LogP contribution in [0, 0.1) is 0 Å². The number of likely N-dealkylation sites (N-methyl/N-ethyl adjacent to an activating group) is 1. The zero-order valence-electron chi connectivity index (χ0n) is 17.1. The van der Waals surface area contributed by atoms with E-state index in [1.54, 1.807) is 14.2 Å². The van der Waals surface area contributed by atoms with Gasteiger partial charge >= 0.3 is 0 Å². The molecule has 2 heterocycles. The van der Waals surface area contributed by atoms with Crippen molar-refractivity contribution >= 4 is 5.91 Å². The molecule has 3 N–H and O–H groups in total. The zero-order chi connectivity index (χ0) is 20.4. The number of nitrogens with one attached hydrogen (secondary N) is 1. The number of fused-ring (bicyclic) bond motifs is 3. The van der Waals surface area contributed by atoms with Gasteiger partial charge in [0.2, 0.25) is 0 Å². The second-order valence-corrected chi connectivity index (χ2v) is 7.84. The predicted molar refractivity (Wildman–Crippen MR) is 112 cm³/mol. The molecular weight excluding hydrogens is 366 g/mol. The average Bonchev–Trinajstić information content (AvgIpc) is 2.76. The molecule has 1 fully saturated rings. The highest BCUT2D eigenvalue weighted by Gasteiger charge is 2.38. The summed E-state index contributed by atoms with van der Waals surface area (Å²) in [5.74, 6) is 1.46. The smallest absolute Gasteiger partial charge is 0.257 e. The Balaban J connectivity index is 1.58. The number of piperidine rings is 1. The molecule has 1 amide bonds. The first-order valence-corrected chi connectivity index (χ1v) is 10.2. The number of rotatable bonds is 5. The Hall–Kier alpha value is -2.57. The van der Waals surface area contributed by atoms with Crippen molar-refractivity contribution in [3.63, 3.8) is 0 Å². The minimum atomic E-state index is -0.166. The van der Waals surface area contributed by atoms with E-state index in [0.717, 1.165) is 25.9 Å². The summed E-state index contributed by atoms with van der Waals surface area (Å²) >= 11 is 0. The highest BCUT2D eigenvalue weighted by Crippen LogP contribution is 2.44. The molecule has 0 aromatic heterocycles. The lowest BCUT2D eigenvalue weighted by atomic mass is 9.78. The number of carbonyl (C=O) groups is 1. The summed E-state index contributed by atoms with van der Waals surface area (Å²) in [6, 6.07) is 15.1. The minimum Gasteiger partial charge on any atom is -0.493 e. The minimum absolute atomic E-state index is 0.0230. The number of hydrogen-bond acceptors (Lipinski definition) is 5. The van der Waals surface area contributed by atoms with Crippen molar-refractivity contribution in [1.82, 2.24) is 10.2 Å². The molecule has 0 unspecified atom stereocenters. The number of amides is 1. The molecule has 0 aliphatic carbocycles. The van der Waals surface area contributed by atoms with Crippen molar-refractivity contribution in [2.45, 2.75) is 30.8 Å². The summed E-state index contributed by atoms with van der Waals surface area (Å²) in [5, 5.41) is 2.57. The fourth-order valence-electron chi connectivity index (χ4n) is 4.61. The Morgan fingerprint density at radius 2 is 2.03 bits per heavy atom. The molecular formula is C23H29N3O3. The first-order valence-electron chi connectivity index (χ1n) is 10.2. The van der Waals surface area contributed by atoms with E-state index in [4.69, 9.17) is 15.2 Å². The molecule has 0 bridgehead atoms. The molecule has 2 aromatic rings. The van der Waals surface area contributed by atoms with Gasteiger partial charge in [0.15, 0.2) is 18.1 Å². The second kappa shape index (κ2) is 8.43. The van der Waals surface area contributed by atoms with Gasteiger partial charge in [-0.25, -0.2) is 0 Å². The topological polar surface area (TPSA) is 76.8 Å². The van der Waals surface area contributed by atoms with Crippen molar-refractivity contribution in [1.29, 1.82) is 0 Å². The molecule has 154 valence electrons. The molecule has 6 heteroatoms. The normalized spacial score (nSPS) is 23.6. The molecule has 0 saturated carbocycles. The number of ether oxygens (including phenoxy) is 2. The molecule has 2 aliphatic rings. The van der Waals surface area contributed by atoms with E-state index in [2.05, 4.69) is 40.5 Å². The van der Waals surface area contributed by atoms with Gasteiger partial charge in [0, 0.05) is 38.1 Å². The van der Waals surface area contributed by atoms with Crippen LogP contribution in [0.15, 0.2) is 42.5 Å². The fraction of sp³-hybridized carbons (Fsp3) is 0.435. The number of hydrogen-bond donors (Lipinski definition) is 2. The van der Waals surface area contributed by atoms with Crippen molar-refractivity contribution in [2.24, 2.45) is 5.73 Å². The summed E-state index contributed by atoms with van der Waals surface area (Å²) in [4.78, 5) is 14.1. The third-order valence-electron chi connectivity index (χ3n) is 6.20. The van der Waals surface area contributed by atoms with Crippen molar-refractivity contribution in [2.75, 3.05) is 33.9 Å². The summed E-state index contributed by atoms with van der Waals surface area (Å²) in [6.07, 6.45) is 1.86. The molecule has 0 spiro atoms. The Labute approximate surface area is 172 Å². The van der Waals surface area contributed by atoms with Crippen molar-refractivity contribution in [3.8, 4) is 11.5 Å². The van der Waals surface area contributed by atoms with Crippen LogP contribution in [0.2, 0.25) is 0 Å².